The Hall–Kier alpha value is -1.17. The number of anilines is 1. The number of benzene rings is 2. The van der Waals surface area contributed by atoms with E-state index < -0.39 is 0 Å². The van der Waals surface area contributed by atoms with Gasteiger partial charge >= 0.3 is 0 Å². The van der Waals surface area contributed by atoms with Crippen molar-refractivity contribution >= 4 is 46.1 Å². The largest absolute Gasteiger partial charge is 0.379 e. The quantitative estimate of drug-likeness (QED) is 0.640. The summed E-state index contributed by atoms with van der Waals surface area (Å²) >= 11 is 18.0. The smallest absolute Gasteiger partial charge is 0.0827 e. The van der Waals surface area contributed by atoms with E-state index in [0.29, 0.717) is 10.0 Å². The lowest BCUT2D eigenvalue weighted by Crippen LogP contribution is -2.44. The molecule has 0 amide bonds. The van der Waals surface area contributed by atoms with Crippen LogP contribution in [0.1, 0.15) is 12.0 Å². The molecule has 2 aliphatic rings. The summed E-state index contributed by atoms with van der Waals surface area (Å²) in [6, 6.07) is 12.4. The highest BCUT2D eigenvalue weighted by molar-refractivity contribution is 7.80. The Bertz CT molecular complexity index is 852. The van der Waals surface area contributed by atoms with Crippen molar-refractivity contribution in [2.24, 2.45) is 0 Å². The summed E-state index contributed by atoms with van der Waals surface area (Å²) < 4.78 is 5.45. The van der Waals surface area contributed by atoms with Crippen molar-refractivity contribution in [2.45, 2.75) is 12.8 Å². The Balaban J connectivity index is 1.59. The van der Waals surface area contributed by atoms with E-state index in [0.717, 1.165) is 68.3 Å². The summed E-state index contributed by atoms with van der Waals surface area (Å²) in [5, 5.41) is 1.15. The molecule has 2 aromatic rings. The number of hydrogen-bond donors (Lipinski definition) is 0. The minimum absolute atomic E-state index is 0.576. The van der Waals surface area contributed by atoms with Crippen LogP contribution in [0, 0.1) is 0 Å². The number of thiocarbonyl (C=S) groups is 1. The number of rotatable bonds is 4. The summed E-state index contributed by atoms with van der Waals surface area (Å²) in [7, 11) is 0. The molecule has 2 aliphatic heterocycles. The standard InChI is InChI=1S/C21H22Cl2N2OS/c22-18-5-3-16(13-19(18)23)17-2-1-15-4-6-21(27)25(20(15)14-17)8-7-24-9-11-26-12-10-24/h1-3,5,13-14H,4,6-12H2. The van der Waals surface area contributed by atoms with E-state index >= 15 is 0 Å². The van der Waals surface area contributed by atoms with E-state index in [2.05, 4.69) is 28.0 Å². The average molecular weight is 421 g/mol. The molecule has 6 heteroatoms. The van der Waals surface area contributed by atoms with Gasteiger partial charge in [0.05, 0.1) is 28.2 Å². The summed E-state index contributed by atoms with van der Waals surface area (Å²) in [6.45, 7) is 5.55. The van der Waals surface area contributed by atoms with Gasteiger partial charge in [0.25, 0.3) is 0 Å². The molecule has 4 rings (SSSR count). The van der Waals surface area contributed by atoms with E-state index in [1.807, 2.05) is 18.2 Å². The molecule has 2 heterocycles. The van der Waals surface area contributed by atoms with Crippen LogP contribution >= 0.6 is 35.4 Å². The first-order valence-electron chi connectivity index (χ1n) is 9.30. The fraction of sp³-hybridized carbons (Fsp3) is 0.381. The third-order valence-electron chi connectivity index (χ3n) is 5.28. The Morgan fingerprint density at radius 3 is 2.41 bits per heavy atom. The highest BCUT2D eigenvalue weighted by atomic mass is 35.5. The molecule has 0 bridgehead atoms. The molecule has 0 saturated carbocycles. The maximum Gasteiger partial charge on any atom is 0.0827 e. The predicted octanol–water partition coefficient (Wildman–Crippen LogP) is 5.07. The maximum atomic E-state index is 6.22. The van der Waals surface area contributed by atoms with Crippen molar-refractivity contribution in [1.82, 2.24) is 4.90 Å². The highest BCUT2D eigenvalue weighted by Crippen LogP contribution is 2.35. The first kappa shape index (κ1) is 19.2. The van der Waals surface area contributed by atoms with E-state index in [1.54, 1.807) is 0 Å². The molecule has 3 nitrogen and oxygen atoms in total. The fourth-order valence-electron chi connectivity index (χ4n) is 3.70. The van der Waals surface area contributed by atoms with Crippen LogP contribution in [0.3, 0.4) is 0 Å². The average Bonchev–Trinajstić information content (AvgIpc) is 2.70. The Labute approximate surface area is 175 Å². The third-order valence-corrected chi connectivity index (χ3v) is 6.45. The Kier molecular flexibility index (Phi) is 6.00. The highest BCUT2D eigenvalue weighted by Gasteiger charge is 2.23. The minimum atomic E-state index is 0.576. The van der Waals surface area contributed by atoms with E-state index in [9.17, 15) is 0 Å². The molecule has 0 unspecified atom stereocenters. The van der Waals surface area contributed by atoms with Crippen molar-refractivity contribution in [1.29, 1.82) is 0 Å². The van der Waals surface area contributed by atoms with Gasteiger partial charge in [-0.1, -0.05) is 53.6 Å². The number of ether oxygens (including phenoxy) is 1. The van der Waals surface area contributed by atoms with Crippen molar-refractivity contribution in [3.05, 3.63) is 52.0 Å². The van der Waals surface area contributed by atoms with Gasteiger partial charge in [-0.05, 0) is 41.3 Å². The van der Waals surface area contributed by atoms with Crippen molar-refractivity contribution in [3.63, 3.8) is 0 Å². The SMILES string of the molecule is S=C1CCc2ccc(-c3ccc(Cl)c(Cl)c3)cc2N1CCN1CCOCC1. The molecule has 0 atom stereocenters. The monoisotopic (exact) mass is 420 g/mol. The molecule has 0 aromatic heterocycles. The van der Waals surface area contributed by atoms with E-state index in [4.69, 9.17) is 40.2 Å². The van der Waals surface area contributed by atoms with E-state index in [-0.39, 0.29) is 0 Å². The molecule has 0 spiro atoms. The van der Waals surface area contributed by atoms with Crippen LogP contribution in [-0.4, -0.2) is 49.3 Å². The van der Waals surface area contributed by atoms with Crippen molar-refractivity contribution in [3.8, 4) is 11.1 Å². The molecule has 1 saturated heterocycles. The van der Waals surface area contributed by atoms with Gasteiger partial charge in [-0.25, -0.2) is 0 Å². The lowest BCUT2D eigenvalue weighted by Gasteiger charge is -2.35. The lowest BCUT2D eigenvalue weighted by atomic mass is 9.96. The molecule has 27 heavy (non-hydrogen) atoms. The van der Waals surface area contributed by atoms with Gasteiger partial charge in [-0.15, -0.1) is 0 Å². The minimum Gasteiger partial charge on any atom is -0.379 e. The summed E-state index contributed by atoms with van der Waals surface area (Å²) in [5.74, 6) is 0. The second kappa shape index (κ2) is 8.46. The van der Waals surface area contributed by atoms with Crippen LogP contribution in [0.2, 0.25) is 10.0 Å². The molecule has 142 valence electrons. The summed E-state index contributed by atoms with van der Waals surface area (Å²) in [4.78, 5) is 5.79. The number of halogens is 2. The number of morpholine rings is 1. The van der Waals surface area contributed by atoms with Crippen LogP contribution in [0.5, 0.6) is 0 Å². The second-order valence-electron chi connectivity index (χ2n) is 6.97. The first-order valence-corrected chi connectivity index (χ1v) is 10.5. The zero-order valence-corrected chi connectivity index (χ0v) is 17.4. The normalized spacial score (nSPS) is 17.9. The molecule has 2 aromatic carbocycles. The van der Waals surface area contributed by atoms with Gasteiger partial charge in [0.2, 0.25) is 0 Å². The zero-order valence-electron chi connectivity index (χ0n) is 15.1. The van der Waals surface area contributed by atoms with Crippen LogP contribution in [-0.2, 0) is 11.2 Å². The zero-order chi connectivity index (χ0) is 18.8. The first-order chi connectivity index (χ1) is 13.1. The predicted molar refractivity (Wildman–Crippen MR) is 117 cm³/mol. The van der Waals surface area contributed by atoms with Crippen LogP contribution in [0.25, 0.3) is 11.1 Å². The topological polar surface area (TPSA) is 15.7 Å². The van der Waals surface area contributed by atoms with Gasteiger partial charge in [-0.3, -0.25) is 4.90 Å². The van der Waals surface area contributed by atoms with Crippen molar-refractivity contribution < 1.29 is 4.74 Å². The number of fused-ring (bicyclic) bond motifs is 1. The lowest BCUT2D eigenvalue weighted by molar-refractivity contribution is 0.0394. The third kappa shape index (κ3) is 4.30. The summed E-state index contributed by atoms with van der Waals surface area (Å²) in [5.41, 5.74) is 4.78. The maximum absolute atomic E-state index is 6.22. The molecular weight excluding hydrogens is 399 g/mol. The number of hydrogen-bond acceptors (Lipinski definition) is 3. The Morgan fingerprint density at radius 1 is 0.889 bits per heavy atom. The molecule has 0 N–H and O–H groups in total. The summed E-state index contributed by atoms with van der Waals surface area (Å²) in [6.07, 6.45) is 1.95. The van der Waals surface area contributed by atoms with Crippen LogP contribution < -0.4 is 4.90 Å². The van der Waals surface area contributed by atoms with Crippen molar-refractivity contribution in [2.75, 3.05) is 44.3 Å². The van der Waals surface area contributed by atoms with Gasteiger partial charge in [0.1, 0.15) is 0 Å². The van der Waals surface area contributed by atoms with E-state index in [1.165, 1.54) is 11.3 Å². The second-order valence-corrected chi connectivity index (χ2v) is 8.26. The van der Waals surface area contributed by atoms with Crippen LogP contribution in [0.15, 0.2) is 36.4 Å². The number of aryl methyl sites for hydroxylation is 1. The molecule has 1 fully saturated rings. The molecular formula is C21H22Cl2N2OS. The molecule has 0 aliphatic carbocycles. The number of nitrogens with zero attached hydrogens (tertiary/aromatic N) is 2. The van der Waals surface area contributed by atoms with Gasteiger partial charge in [0, 0.05) is 38.3 Å². The van der Waals surface area contributed by atoms with Crippen LogP contribution in [0.4, 0.5) is 5.69 Å². The van der Waals surface area contributed by atoms with Gasteiger partial charge in [-0.2, -0.15) is 0 Å². The molecule has 0 radical (unpaired) electrons. The van der Waals surface area contributed by atoms with Gasteiger partial charge < -0.3 is 9.64 Å². The Morgan fingerprint density at radius 2 is 1.63 bits per heavy atom. The fourth-order valence-corrected chi connectivity index (χ4v) is 4.29. The van der Waals surface area contributed by atoms with Gasteiger partial charge in [0.15, 0.2) is 0 Å².